The number of carbonyl (C=O) groups is 1. The summed E-state index contributed by atoms with van der Waals surface area (Å²) in [6, 6.07) is 25.4. The van der Waals surface area contributed by atoms with E-state index in [9.17, 15) is 13.2 Å². The van der Waals surface area contributed by atoms with Gasteiger partial charge in [-0.1, -0.05) is 48.5 Å². The van der Waals surface area contributed by atoms with Crippen LogP contribution in [0.2, 0.25) is 0 Å². The molecule has 1 heterocycles. The molecule has 0 radical (unpaired) electrons. The predicted octanol–water partition coefficient (Wildman–Crippen LogP) is 3.94. The maximum Gasteiger partial charge on any atom is 0.251 e. The average Bonchev–Trinajstić information content (AvgIpc) is 3.21. The molecule has 1 aromatic heterocycles. The van der Waals surface area contributed by atoms with E-state index in [2.05, 4.69) is 15.1 Å². The molecule has 1 amide bonds. The zero-order valence-corrected chi connectivity index (χ0v) is 20.5. The Morgan fingerprint density at radius 3 is 2.31 bits per heavy atom. The minimum absolute atomic E-state index is 0.0563. The molecule has 7 nitrogen and oxygen atoms in total. The van der Waals surface area contributed by atoms with Gasteiger partial charge in [0.15, 0.2) is 0 Å². The summed E-state index contributed by atoms with van der Waals surface area (Å²) in [7, 11) is -3.74. The Bertz CT molecular complexity index is 1410. The summed E-state index contributed by atoms with van der Waals surface area (Å²) in [5.41, 5.74) is 5.26. The number of aromatic nitrogens is 2. The normalized spacial score (nSPS) is 11.4. The Kier molecular flexibility index (Phi) is 7.43. The van der Waals surface area contributed by atoms with Crippen LogP contribution in [0.25, 0.3) is 5.69 Å². The van der Waals surface area contributed by atoms with Gasteiger partial charge in [-0.25, -0.2) is 17.8 Å². The van der Waals surface area contributed by atoms with E-state index in [-0.39, 0.29) is 17.3 Å². The summed E-state index contributed by atoms with van der Waals surface area (Å²) >= 11 is 0. The van der Waals surface area contributed by atoms with Crippen molar-refractivity contribution >= 4 is 15.9 Å². The van der Waals surface area contributed by atoms with Gasteiger partial charge in [0.2, 0.25) is 10.0 Å². The summed E-state index contributed by atoms with van der Waals surface area (Å²) in [4.78, 5) is 12.7. The topological polar surface area (TPSA) is 93.1 Å². The Morgan fingerprint density at radius 1 is 0.886 bits per heavy atom. The predicted molar refractivity (Wildman–Crippen MR) is 136 cm³/mol. The van der Waals surface area contributed by atoms with Crippen LogP contribution in [0.15, 0.2) is 89.8 Å². The maximum atomic E-state index is 12.7. The van der Waals surface area contributed by atoms with Crippen LogP contribution in [-0.2, 0) is 23.0 Å². The molecule has 4 rings (SSSR count). The number of benzene rings is 3. The van der Waals surface area contributed by atoms with E-state index in [1.54, 1.807) is 12.1 Å². The quantitative estimate of drug-likeness (QED) is 0.373. The van der Waals surface area contributed by atoms with Crippen molar-refractivity contribution in [1.82, 2.24) is 19.8 Å². The number of rotatable bonds is 9. The van der Waals surface area contributed by atoms with Crippen LogP contribution in [-0.4, -0.2) is 30.7 Å². The fourth-order valence-corrected chi connectivity index (χ4v) is 4.84. The Balaban J connectivity index is 1.33. The van der Waals surface area contributed by atoms with E-state index in [1.165, 1.54) is 12.1 Å². The molecule has 0 aliphatic heterocycles. The van der Waals surface area contributed by atoms with Gasteiger partial charge < -0.3 is 5.32 Å². The third kappa shape index (κ3) is 6.23. The minimum Gasteiger partial charge on any atom is -0.352 e. The minimum atomic E-state index is -3.74. The van der Waals surface area contributed by atoms with Gasteiger partial charge >= 0.3 is 0 Å². The molecule has 8 heteroatoms. The number of aryl methyl sites for hydroxylation is 2. The lowest BCUT2D eigenvalue weighted by molar-refractivity contribution is 0.0954. The van der Waals surface area contributed by atoms with Gasteiger partial charge in [0.25, 0.3) is 5.91 Å². The fraction of sp³-hybridized carbons (Fsp3) is 0.185. The Labute approximate surface area is 205 Å². The van der Waals surface area contributed by atoms with Crippen molar-refractivity contribution in [3.05, 3.63) is 113 Å². The van der Waals surface area contributed by atoms with Gasteiger partial charge in [0.05, 0.1) is 16.3 Å². The number of hydrogen-bond acceptors (Lipinski definition) is 4. The average molecular weight is 489 g/mol. The highest BCUT2D eigenvalue weighted by Crippen LogP contribution is 2.14. The van der Waals surface area contributed by atoms with Crippen molar-refractivity contribution in [3.8, 4) is 5.69 Å². The molecule has 0 saturated heterocycles. The van der Waals surface area contributed by atoms with Crippen molar-refractivity contribution in [2.75, 3.05) is 6.54 Å². The molecule has 180 valence electrons. The van der Waals surface area contributed by atoms with Crippen LogP contribution < -0.4 is 10.0 Å². The first-order valence-corrected chi connectivity index (χ1v) is 12.8. The second-order valence-electron chi connectivity index (χ2n) is 8.35. The highest BCUT2D eigenvalue weighted by molar-refractivity contribution is 7.89. The van der Waals surface area contributed by atoms with Gasteiger partial charge in [0, 0.05) is 24.3 Å². The molecule has 35 heavy (non-hydrogen) atoms. The molecular formula is C27H28N4O3S. The second kappa shape index (κ2) is 10.7. The van der Waals surface area contributed by atoms with E-state index in [4.69, 9.17) is 0 Å². The molecule has 0 fully saturated rings. The third-order valence-electron chi connectivity index (χ3n) is 5.61. The first-order valence-electron chi connectivity index (χ1n) is 11.4. The highest BCUT2D eigenvalue weighted by atomic mass is 32.2. The van der Waals surface area contributed by atoms with E-state index < -0.39 is 10.0 Å². The number of amides is 1. The largest absolute Gasteiger partial charge is 0.352 e. The summed E-state index contributed by atoms with van der Waals surface area (Å²) in [5, 5.41) is 7.36. The molecule has 2 N–H and O–H groups in total. The lowest BCUT2D eigenvalue weighted by Gasteiger charge is -2.10. The number of carbonyl (C=O) groups excluding carboxylic acids is 1. The van der Waals surface area contributed by atoms with Gasteiger partial charge in [-0.2, -0.15) is 5.10 Å². The van der Waals surface area contributed by atoms with Crippen LogP contribution in [0.1, 0.15) is 32.9 Å². The first-order chi connectivity index (χ1) is 16.8. The fourth-order valence-electron chi connectivity index (χ4n) is 3.78. The van der Waals surface area contributed by atoms with E-state index >= 15 is 0 Å². The summed E-state index contributed by atoms with van der Waals surface area (Å²) < 4.78 is 29.8. The smallest absolute Gasteiger partial charge is 0.251 e. The first kappa shape index (κ1) is 24.4. The maximum absolute atomic E-state index is 12.7. The molecule has 0 unspecified atom stereocenters. The summed E-state index contributed by atoms with van der Waals surface area (Å²) in [5.74, 6) is -0.315. The third-order valence-corrected chi connectivity index (χ3v) is 7.00. The molecule has 0 saturated carbocycles. The van der Waals surface area contributed by atoms with Gasteiger partial charge in [-0.05, 0) is 67.8 Å². The molecule has 0 aliphatic carbocycles. The van der Waals surface area contributed by atoms with Gasteiger partial charge in [-0.3, -0.25) is 4.79 Å². The van der Waals surface area contributed by atoms with Crippen molar-refractivity contribution < 1.29 is 13.2 Å². The van der Waals surface area contributed by atoms with Crippen LogP contribution in [0, 0.1) is 13.8 Å². The molecule has 3 aromatic carbocycles. The van der Waals surface area contributed by atoms with Crippen LogP contribution in [0.4, 0.5) is 0 Å². The van der Waals surface area contributed by atoms with E-state index in [0.29, 0.717) is 18.5 Å². The van der Waals surface area contributed by atoms with Crippen LogP contribution in [0.3, 0.4) is 0 Å². The number of sulfonamides is 1. The number of nitrogens with one attached hydrogen (secondary N) is 2. The van der Waals surface area contributed by atoms with E-state index in [0.717, 1.165) is 28.2 Å². The molecule has 4 aromatic rings. The zero-order valence-electron chi connectivity index (χ0n) is 19.7. The van der Waals surface area contributed by atoms with Crippen LogP contribution >= 0.6 is 0 Å². The lowest BCUT2D eigenvalue weighted by atomic mass is 10.1. The van der Waals surface area contributed by atoms with Crippen molar-refractivity contribution in [2.45, 2.75) is 31.7 Å². The number of nitrogens with zero attached hydrogens (tertiary/aromatic N) is 2. The van der Waals surface area contributed by atoms with Crippen molar-refractivity contribution in [2.24, 2.45) is 0 Å². The van der Waals surface area contributed by atoms with Gasteiger partial charge in [-0.15, -0.1) is 0 Å². The SMILES string of the molecule is Cc1cc(C)n(-c2ccc(CCNC(=O)c3cccc(S(=O)(=O)NCc4ccccc4)c3)cc2)n1. The summed E-state index contributed by atoms with van der Waals surface area (Å²) in [6.45, 7) is 4.59. The lowest BCUT2D eigenvalue weighted by Crippen LogP contribution is -2.27. The molecule has 0 atom stereocenters. The molecule has 0 bridgehead atoms. The van der Waals surface area contributed by atoms with Crippen molar-refractivity contribution in [1.29, 1.82) is 0 Å². The molecule has 0 aliphatic rings. The van der Waals surface area contributed by atoms with Gasteiger partial charge in [0.1, 0.15) is 0 Å². The summed E-state index contributed by atoms with van der Waals surface area (Å²) in [6.07, 6.45) is 0.653. The number of hydrogen-bond donors (Lipinski definition) is 2. The van der Waals surface area contributed by atoms with Crippen LogP contribution in [0.5, 0.6) is 0 Å². The highest BCUT2D eigenvalue weighted by Gasteiger charge is 2.16. The molecule has 0 spiro atoms. The molecular weight excluding hydrogens is 460 g/mol. The Hall–Kier alpha value is -3.75. The second-order valence-corrected chi connectivity index (χ2v) is 10.1. The zero-order chi connectivity index (χ0) is 24.8. The van der Waals surface area contributed by atoms with E-state index in [1.807, 2.05) is 79.2 Å². The van der Waals surface area contributed by atoms with Crippen molar-refractivity contribution in [3.63, 3.8) is 0 Å². The monoisotopic (exact) mass is 488 g/mol. The standard InChI is InChI=1S/C27H28N4O3S/c1-20-17-21(2)31(30-20)25-13-11-22(12-14-25)15-16-28-27(32)24-9-6-10-26(18-24)35(33,34)29-19-23-7-4-3-5-8-23/h3-14,17-18,29H,15-16,19H2,1-2H3,(H,28,32). The Morgan fingerprint density at radius 2 is 1.63 bits per heavy atom.